The number of fused-ring (bicyclic) bond motifs is 1. The fourth-order valence-electron chi connectivity index (χ4n) is 4.62. The summed E-state index contributed by atoms with van der Waals surface area (Å²) >= 11 is 0. The van der Waals surface area contributed by atoms with Crippen molar-refractivity contribution in [3.8, 4) is 16.9 Å². The predicted octanol–water partition coefficient (Wildman–Crippen LogP) is 5.78. The van der Waals surface area contributed by atoms with Gasteiger partial charge in [-0.25, -0.2) is 0 Å². The number of nitrogens with one attached hydrogen (secondary N) is 3. The minimum absolute atomic E-state index is 0.0698. The minimum Gasteiger partial charge on any atom is -0.484 e. The molecule has 1 fully saturated rings. The molecule has 192 valence electrons. The zero-order valence-corrected chi connectivity index (χ0v) is 20.0. The second-order valence-electron chi connectivity index (χ2n) is 9.29. The quantitative estimate of drug-likeness (QED) is 0.307. The first-order chi connectivity index (χ1) is 17.6. The molecule has 2 aliphatic heterocycles. The summed E-state index contributed by atoms with van der Waals surface area (Å²) in [6.07, 6.45) is -2.06. The van der Waals surface area contributed by atoms with Gasteiger partial charge in [0, 0.05) is 30.3 Å². The average molecular weight is 511 g/mol. The van der Waals surface area contributed by atoms with Crippen molar-refractivity contribution in [2.45, 2.75) is 38.0 Å². The topological polar surface area (TPSA) is 96.3 Å². The smallest absolute Gasteiger partial charge is 0.433 e. The Kier molecular flexibility index (Phi) is 6.36. The van der Waals surface area contributed by atoms with E-state index in [2.05, 4.69) is 15.6 Å². The molecular formula is C27H25F3N4O3. The summed E-state index contributed by atoms with van der Waals surface area (Å²) in [7, 11) is 0. The number of pyridine rings is 1. The Morgan fingerprint density at radius 3 is 2.65 bits per heavy atom. The maximum Gasteiger partial charge on any atom is 0.433 e. The average Bonchev–Trinajstić information content (AvgIpc) is 2.99. The molecule has 1 spiro atoms. The van der Waals surface area contributed by atoms with Gasteiger partial charge in [-0.05, 0) is 60.0 Å². The van der Waals surface area contributed by atoms with Crippen molar-refractivity contribution in [3.05, 3.63) is 71.5 Å². The number of benzene rings is 2. The number of aryl methyl sites for hydroxylation is 1. The highest BCUT2D eigenvalue weighted by atomic mass is 19.4. The number of nitrogens with zero attached hydrogens (tertiary/aromatic N) is 1. The first-order valence-corrected chi connectivity index (χ1v) is 11.8. The molecule has 7 nitrogen and oxygen atoms in total. The number of rotatable bonds is 3. The van der Waals surface area contributed by atoms with Crippen LogP contribution in [-0.4, -0.2) is 35.5 Å². The van der Waals surface area contributed by atoms with Crippen LogP contribution in [0.15, 0.2) is 54.7 Å². The molecule has 0 saturated carbocycles. The Hall–Kier alpha value is -3.92. The zero-order valence-electron chi connectivity index (χ0n) is 20.0. The number of hydrogen-bond acceptors (Lipinski definition) is 5. The van der Waals surface area contributed by atoms with Gasteiger partial charge in [0.15, 0.2) is 0 Å². The van der Waals surface area contributed by atoms with Crippen molar-refractivity contribution in [1.82, 2.24) is 4.98 Å². The van der Waals surface area contributed by atoms with Crippen molar-refractivity contribution < 1.29 is 27.4 Å². The van der Waals surface area contributed by atoms with Crippen molar-refractivity contribution >= 4 is 23.1 Å². The molecule has 3 heterocycles. The molecule has 10 heteroatoms. The van der Waals surface area contributed by atoms with Crippen LogP contribution in [0.1, 0.15) is 36.1 Å². The Morgan fingerprint density at radius 1 is 1.11 bits per heavy atom. The van der Waals surface area contributed by atoms with E-state index >= 15 is 0 Å². The first kappa shape index (κ1) is 24.8. The summed E-state index contributed by atoms with van der Waals surface area (Å²) in [4.78, 5) is 15.9. The zero-order chi connectivity index (χ0) is 26.2. The lowest BCUT2D eigenvalue weighted by molar-refractivity contribution is -0.141. The van der Waals surface area contributed by atoms with E-state index in [1.807, 2.05) is 31.2 Å². The highest BCUT2D eigenvalue weighted by molar-refractivity contribution is 6.06. The SMILES string of the molecule is Cc1ccc(NC(=N)c2ccnc(C(F)(F)F)c2)cc1-c1ccc2c(c1)OC1(CCOCC1)CC(=O)N2. The van der Waals surface area contributed by atoms with E-state index in [0.29, 0.717) is 43.2 Å². The van der Waals surface area contributed by atoms with Gasteiger partial charge < -0.3 is 20.1 Å². The summed E-state index contributed by atoms with van der Waals surface area (Å²) in [6.45, 7) is 3.00. The molecule has 1 aromatic heterocycles. The third kappa shape index (κ3) is 5.29. The van der Waals surface area contributed by atoms with Crippen LogP contribution in [0.3, 0.4) is 0 Å². The monoisotopic (exact) mass is 510 g/mol. The molecular weight excluding hydrogens is 485 g/mol. The molecule has 2 aliphatic rings. The Labute approximate surface area is 211 Å². The molecule has 1 amide bonds. The summed E-state index contributed by atoms with van der Waals surface area (Å²) in [6, 6.07) is 13.2. The van der Waals surface area contributed by atoms with E-state index in [0.717, 1.165) is 29.0 Å². The molecule has 37 heavy (non-hydrogen) atoms. The number of amidine groups is 1. The van der Waals surface area contributed by atoms with Crippen molar-refractivity contribution in [2.75, 3.05) is 23.8 Å². The molecule has 3 N–H and O–H groups in total. The molecule has 0 aliphatic carbocycles. The third-order valence-electron chi connectivity index (χ3n) is 6.63. The molecule has 0 unspecified atom stereocenters. The molecule has 2 aromatic carbocycles. The number of carbonyl (C=O) groups excluding carboxylic acids is 1. The third-order valence-corrected chi connectivity index (χ3v) is 6.63. The number of ether oxygens (including phenoxy) is 2. The van der Waals surface area contributed by atoms with Gasteiger partial charge in [-0.15, -0.1) is 0 Å². The van der Waals surface area contributed by atoms with Gasteiger partial charge in [0.25, 0.3) is 0 Å². The van der Waals surface area contributed by atoms with Crippen LogP contribution in [0, 0.1) is 12.3 Å². The second kappa shape index (κ2) is 9.51. The van der Waals surface area contributed by atoms with Gasteiger partial charge in [-0.2, -0.15) is 13.2 Å². The fraction of sp³-hybridized carbons (Fsp3) is 0.296. The van der Waals surface area contributed by atoms with Crippen molar-refractivity contribution in [3.63, 3.8) is 0 Å². The number of anilines is 2. The molecule has 3 aromatic rings. The maximum atomic E-state index is 13.0. The van der Waals surface area contributed by atoms with Crippen LogP contribution in [0.5, 0.6) is 5.75 Å². The van der Waals surface area contributed by atoms with E-state index in [1.165, 1.54) is 6.07 Å². The van der Waals surface area contributed by atoms with Crippen LogP contribution >= 0.6 is 0 Å². The molecule has 0 bridgehead atoms. The summed E-state index contributed by atoms with van der Waals surface area (Å²) in [5.74, 6) is 0.295. The summed E-state index contributed by atoms with van der Waals surface area (Å²) in [5, 5.41) is 14.1. The second-order valence-corrected chi connectivity index (χ2v) is 9.29. The number of alkyl halides is 3. The van der Waals surface area contributed by atoms with Gasteiger partial charge in [0.05, 0.1) is 25.3 Å². The summed E-state index contributed by atoms with van der Waals surface area (Å²) in [5.41, 5.74) is 2.20. The lowest BCUT2D eigenvalue weighted by Crippen LogP contribution is -2.43. The van der Waals surface area contributed by atoms with E-state index in [1.54, 1.807) is 12.1 Å². The highest BCUT2D eigenvalue weighted by Gasteiger charge is 2.40. The van der Waals surface area contributed by atoms with E-state index < -0.39 is 17.5 Å². The number of hydrogen-bond donors (Lipinski definition) is 3. The minimum atomic E-state index is -4.59. The van der Waals surface area contributed by atoms with Crippen LogP contribution in [0.4, 0.5) is 24.5 Å². The lowest BCUT2D eigenvalue weighted by Gasteiger charge is -2.35. The van der Waals surface area contributed by atoms with E-state index in [9.17, 15) is 18.0 Å². The van der Waals surface area contributed by atoms with Gasteiger partial charge in [-0.3, -0.25) is 15.2 Å². The fourth-order valence-corrected chi connectivity index (χ4v) is 4.62. The van der Waals surface area contributed by atoms with Gasteiger partial charge in [0.2, 0.25) is 5.91 Å². The standard InChI is InChI=1S/C27H25F3N4O3/c1-16-2-4-19(33-25(31)18-6-9-32-23(13-18)27(28,29)30)14-20(16)17-3-5-21-22(12-17)37-26(15-24(35)34-21)7-10-36-11-8-26/h2-6,9,12-14H,7-8,10-11,15H2,1H3,(H2,31,33)(H,34,35). The number of amides is 1. The maximum absolute atomic E-state index is 13.0. The Bertz CT molecular complexity index is 1370. The van der Waals surface area contributed by atoms with E-state index in [-0.39, 0.29) is 23.7 Å². The van der Waals surface area contributed by atoms with Crippen LogP contribution in [0.2, 0.25) is 0 Å². The Morgan fingerprint density at radius 2 is 1.89 bits per heavy atom. The molecule has 0 radical (unpaired) electrons. The van der Waals surface area contributed by atoms with Crippen LogP contribution in [-0.2, 0) is 15.7 Å². The first-order valence-electron chi connectivity index (χ1n) is 11.8. The van der Waals surface area contributed by atoms with Gasteiger partial charge >= 0.3 is 6.18 Å². The molecule has 0 atom stereocenters. The van der Waals surface area contributed by atoms with Gasteiger partial charge in [0.1, 0.15) is 22.9 Å². The van der Waals surface area contributed by atoms with E-state index in [4.69, 9.17) is 14.9 Å². The lowest BCUT2D eigenvalue weighted by atomic mass is 9.90. The largest absolute Gasteiger partial charge is 0.484 e. The highest BCUT2D eigenvalue weighted by Crippen LogP contribution is 2.41. The summed E-state index contributed by atoms with van der Waals surface area (Å²) < 4.78 is 51.0. The number of aromatic nitrogens is 1. The normalized spacial score (nSPS) is 16.8. The number of carbonyl (C=O) groups is 1. The number of halogens is 3. The van der Waals surface area contributed by atoms with Gasteiger partial charge in [-0.1, -0.05) is 12.1 Å². The predicted molar refractivity (Wildman–Crippen MR) is 133 cm³/mol. The van der Waals surface area contributed by atoms with Crippen LogP contribution in [0.25, 0.3) is 11.1 Å². The Balaban J connectivity index is 1.43. The van der Waals surface area contributed by atoms with Crippen molar-refractivity contribution in [2.24, 2.45) is 0 Å². The van der Waals surface area contributed by atoms with Crippen molar-refractivity contribution in [1.29, 1.82) is 5.41 Å². The molecule has 1 saturated heterocycles. The molecule has 5 rings (SSSR count). The van der Waals surface area contributed by atoms with Crippen LogP contribution < -0.4 is 15.4 Å².